The predicted molar refractivity (Wildman–Crippen MR) is 162 cm³/mol. The summed E-state index contributed by atoms with van der Waals surface area (Å²) >= 11 is 0. The molecule has 3 atom stereocenters. The molecule has 1 N–H and O–H groups in total. The van der Waals surface area contributed by atoms with Crippen LogP contribution in [0.2, 0.25) is 0 Å². The fourth-order valence-electron chi connectivity index (χ4n) is 7.74. The number of benzene rings is 2. The van der Waals surface area contributed by atoms with Crippen molar-refractivity contribution in [3.63, 3.8) is 0 Å². The van der Waals surface area contributed by atoms with E-state index >= 15 is 0 Å². The third kappa shape index (κ3) is 5.51. The van der Waals surface area contributed by atoms with Crippen LogP contribution in [-0.2, 0) is 20.0 Å². The molecular weight excluding hydrogens is 548 g/mol. The lowest BCUT2D eigenvalue weighted by Crippen LogP contribution is -2.54. The van der Waals surface area contributed by atoms with Crippen LogP contribution in [-0.4, -0.2) is 70.5 Å². The van der Waals surface area contributed by atoms with Gasteiger partial charge in [-0.25, -0.2) is 13.2 Å². The number of rotatable bonds is 9. The van der Waals surface area contributed by atoms with Crippen molar-refractivity contribution in [2.75, 3.05) is 44.7 Å². The summed E-state index contributed by atoms with van der Waals surface area (Å²) in [6, 6.07) is 20.4. The van der Waals surface area contributed by atoms with Gasteiger partial charge in [-0.2, -0.15) is 5.26 Å². The van der Waals surface area contributed by atoms with E-state index in [9.17, 15) is 18.5 Å². The first-order valence-electron chi connectivity index (χ1n) is 15.5. The highest BCUT2D eigenvalue weighted by atomic mass is 32.2. The van der Waals surface area contributed by atoms with Gasteiger partial charge in [0.05, 0.1) is 21.6 Å². The first-order valence-corrected chi connectivity index (χ1v) is 17.1. The summed E-state index contributed by atoms with van der Waals surface area (Å²) in [5, 5.41) is 13.3. The molecule has 4 fully saturated rings. The highest BCUT2D eigenvalue weighted by molar-refractivity contribution is 7.92. The van der Waals surface area contributed by atoms with Gasteiger partial charge in [0, 0.05) is 44.2 Å². The molecule has 2 aliphatic heterocycles. The van der Waals surface area contributed by atoms with E-state index in [0.717, 1.165) is 88.9 Å². The monoisotopic (exact) mass is 590 g/mol. The van der Waals surface area contributed by atoms with Gasteiger partial charge in [0.15, 0.2) is 9.84 Å². The Hall–Kier alpha value is -3.09. The number of piperidine rings is 1. The van der Waals surface area contributed by atoms with Crippen molar-refractivity contribution in [3.05, 3.63) is 60.2 Å². The largest absolute Gasteiger partial charge is 0.446 e. The standard InChI is InChI=1S/C33H42N4O4S/c1-35-32(38)41-31-9-5-8-30(31)33(23-34,25-6-3-2-4-7-25)26-16-18-36(19-17-26)20-24-21-37(22-24)27-10-12-28(13-11-27)42(39,40)29-14-15-29/h2-4,6-7,10-13,24,26,29-31H,5,8-9,14-22H2,1H3,(H,35,38)/t30-,31-,33?/m0/s1. The van der Waals surface area contributed by atoms with Gasteiger partial charge in [0.2, 0.25) is 0 Å². The van der Waals surface area contributed by atoms with Crippen LogP contribution in [0.15, 0.2) is 59.5 Å². The Labute approximate surface area is 249 Å². The Morgan fingerprint density at radius 3 is 2.31 bits per heavy atom. The third-order valence-corrected chi connectivity index (χ3v) is 12.4. The number of alkyl carbamates (subject to hydrolysis) is 1. The van der Waals surface area contributed by atoms with Crippen molar-refractivity contribution in [3.8, 4) is 6.07 Å². The van der Waals surface area contributed by atoms with Crippen molar-refractivity contribution in [2.45, 2.75) is 66.6 Å². The normalized spacial score (nSPS) is 25.3. The summed E-state index contributed by atoms with van der Waals surface area (Å²) in [5.74, 6) is 0.749. The van der Waals surface area contributed by atoms with Crippen molar-refractivity contribution < 1.29 is 17.9 Å². The minimum atomic E-state index is -3.15. The van der Waals surface area contributed by atoms with Crippen molar-refractivity contribution >= 4 is 21.6 Å². The van der Waals surface area contributed by atoms with E-state index in [1.807, 2.05) is 30.3 Å². The Morgan fingerprint density at radius 1 is 1.00 bits per heavy atom. The molecular formula is C33H42N4O4S. The van der Waals surface area contributed by atoms with Gasteiger partial charge < -0.3 is 19.9 Å². The molecule has 2 aromatic rings. The molecule has 2 heterocycles. The lowest BCUT2D eigenvalue weighted by atomic mass is 9.59. The van der Waals surface area contributed by atoms with Crippen LogP contribution in [0, 0.1) is 29.1 Å². The van der Waals surface area contributed by atoms with E-state index in [1.165, 1.54) is 0 Å². The van der Waals surface area contributed by atoms with Gasteiger partial charge in [0.25, 0.3) is 0 Å². The number of anilines is 1. The van der Waals surface area contributed by atoms with Crippen LogP contribution < -0.4 is 10.2 Å². The number of ether oxygens (including phenoxy) is 1. The van der Waals surface area contributed by atoms with Gasteiger partial charge >= 0.3 is 6.09 Å². The van der Waals surface area contributed by atoms with Crippen LogP contribution in [0.3, 0.4) is 0 Å². The average molecular weight is 591 g/mol. The number of nitriles is 1. The van der Waals surface area contributed by atoms with E-state index in [1.54, 1.807) is 19.2 Å². The zero-order valence-electron chi connectivity index (χ0n) is 24.5. The molecule has 0 spiro atoms. The van der Waals surface area contributed by atoms with Crippen LogP contribution in [0.1, 0.15) is 50.5 Å². The molecule has 1 amide bonds. The first-order chi connectivity index (χ1) is 20.3. The second-order valence-corrected chi connectivity index (χ2v) is 14.9. The number of hydrogen-bond acceptors (Lipinski definition) is 7. The minimum absolute atomic E-state index is 0.0235. The van der Waals surface area contributed by atoms with E-state index in [-0.39, 0.29) is 23.2 Å². The molecule has 2 aliphatic carbocycles. The van der Waals surface area contributed by atoms with E-state index in [2.05, 4.69) is 33.3 Å². The molecule has 9 heteroatoms. The van der Waals surface area contributed by atoms with E-state index < -0.39 is 21.3 Å². The third-order valence-electron chi connectivity index (χ3n) is 10.1. The second-order valence-electron chi connectivity index (χ2n) is 12.7. The maximum Gasteiger partial charge on any atom is 0.407 e. The summed E-state index contributed by atoms with van der Waals surface area (Å²) in [4.78, 5) is 17.5. The van der Waals surface area contributed by atoms with Gasteiger partial charge in [-0.1, -0.05) is 30.3 Å². The lowest BCUT2D eigenvalue weighted by molar-refractivity contribution is 0.0307. The van der Waals surface area contributed by atoms with Crippen LogP contribution in [0.4, 0.5) is 10.5 Å². The summed E-state index contributed by atoms with van der Waals surface area (Å²) in [6.07, 6.45) is 5.41. The Balaban J connectivity index is 1.07. The fraction of sp³-hybridized carbons (Fsp3) is 0.576. The Morgan fingerprint density at radius 2 is 1.69 bits per heavy atom. The van der Waals surface area contributed by atoms with Gasteiger partial charge in [-0.15, -0.1) is 0 Å². The number of hydrogen-bond donors (Lipinski definition) is 1. The number of nitrogens with zero attached hydrogens (tertiary/aromatic N) is 3. The van der Waals surface area contributed by atoms with Crippen molar-refractivity contribution in [1.29, 1.82) is 5.26 Å². The van der Waals surface area contributed by atoms with Gasteiger partial charge in [-0.05, 0) is 93.8 Å². The van der Waals surface area contributed by atoms with Crippen LogP contribution in [0.5, 0.6) is 0 Å². The summed E-state index contributed by atoms with van der Waals surface area (Å²) in [5.41, 5.74) is 1.45. The van der Waals surface area contributed by atoms with Crippen molar-refractivity contribution in [2.24, 2.45) is 17.8 Å². The SMILES string of the molecule is CNC(=O)O[C@H]1CCC[C@@H]1C(C#N)(c1ccccc1)C1CCN(CC2CN(c3ccc(S(=O)(=O)C4CC4)cc3)C2)CC1. The van der Waals surface area contributed by atoms with Crippen LogP contribution >= 0.6 is 0 Å². The van der Waals surface area contributed by atoms with Crippen LogP contribution in [0.25, 0.3) is 0 Å². The van der Waals surface area contributed by atoms with Gasteiger partial charge in [0.1, 0.15) is 6.10 Å². The molecule has 1 unspecified atom stereocenters. The summed E-state index contributed by atoms with van der Waals surface area (Å²) in [7, 11) is -1.57. The average Bonchev–Trinajstić information content (AvgIpc) is 3.77. The molecule has 42 heavy (non-hydrogen) atoms. The Bertz CT molecular complexity index is 1390. The molecule has 6 rings (SSSR count). The van der Waals surface area contributed by atoms with Crippen molar-refractivity contribution in [1.82, 2.24) is 10.2 Å². The van der Waals surface area contributed by atoms with E-state index in [4.69, 9.17) is 4.74 Å². The number of likely N-dealkylation sites (tertiary alicyclic amines) is 1. The number of nitrogens with one attached hydrogen (secondary N) is 1. The molecule has 2 saturated heterocycles. The zero-order chi connectivity index (χ0) is 29.3. The minimum Gasteiger partial charge on any atom is -0.446 e. The van der Waals surface area contributed by atoms with Gasteiger partial charge in [-0.3, -0.25) is 0 Å². The zero-order valence-corrected chi connectivity index (χ0v) is 25.3. The lowest BCUT2D eigenvalue weighted by Gasteiger charge is -2.47. The topological polar surface area (TPSA) is 103 Å². The highest BCUT2D eigenvalue weighted by Crippen LogP contribution is 2.51. The molecule has 0 bridgehead atoms. The molecule has 2 saturated carbocycles. The molecule has 8 nitrogen and oxygen atoms in total. The maximum absolute atomic E-state index is 12.5. The molecule has 4 aliphatic rings. The Kier molecular flexibility index (Phi) is 8.21. The summed E-state index contributed by atoms with van der Waals surface area (Å²) < 4.78 is 30.8. The summed E-state index contributed by atoms with van der Waals surface area (Å²) in [6.45, 7) is 4.90. The quantitative estimate of drug-likeness (QED) is 0.449. The smallest absolute Gasteiger partial charge is 0.407 e. The molecule has 0 radical (unpaired) electrons. The number of amides is 1. The molecule has 2 aromatic carbocycles. The first kappa shape index (κ1) is 29.0. The molecule has 224 valence electrons. The molecule has 0 aromatic heterocycles. The number of carbonyl (C=O) groups is 1. The number of sulfone groups is 1. The maximum atomic E-state index is 12.5. The highest BCUT2D eigenvalue weighted by Gasteiger charge is 2.53. The fourth-order valence-corrected chi connectivity index (χ4v) is 9.40. The van der Waals surface area contributed by atoms with E-state index in [0.29, 0.717) is 10.8 Å². The predicted octanol–water partition coefficient (Wildman–Crippen LogP) is 4.76. The number of carbonyl (C=O) groups excluding carboxylic acids is 1. The second kappa shape index (κ2) is 11.9.